The maximum absolute atomic E-state index is 12.6. The number of rotatable bonds is 7. The minimum Gasteiger partial charge on any atom is -0.332 e. The van der Waals surface area contributed by atoms with Gasteiger partial charge in [0.1, 0.15) is 0 Å². The van der Waals surface area contributed by atoms with E-state index in [0.717, 1.165) is 17.7 Å². The summed E-state index contributed by atoms with van der Waals surface area (Å²) in [4.78, 5) is 24.3. The van der Waals surface area contributed by atoms with Gasteiger partial charge in [-0.1, -0.05) is 52.0 Å². The second-order valence-corrected chi connectivity index (χ2v) is 8.63. The highest BCUT2D eigenvalue weighted by Gasteiger charge is 2.16. The zero-order chi connectivity index (χ0) is 22.3. The number of carbonyl (C=O) groups excluding carboxylic acids is 2. The van der Waals surface area contributed by atoms with Crippen molar-refractivity contribution in [3.63, 3.8) is 0 Å². The Balaban J connectivity index is 1.89. The van der Waals surface area contributed by atoms with Crippen molar-refractivity contribution in [1.29, 1.82) is 0 Å². The summed E-state index contributed by atoms with van der Waals surface area (Å²) in [7, 11) is 0. The third kappa shape index (κ3) is 7.26. The van der Waals surface area contributed by atoms with Crippen LogP contribution in [0.2, 0.25) is 0 Å². The minimum atomic E-state index is -0.313. The lowest BCUT2D eigenvalue weighted by Crippen LogP contribution is -2.36. The number of benzene rings is 2. The van der Waals surface area contributed by atoms with E-state index in [1.165, 1.54) is 5.56 Å². The Hall–Kier alpha value is -2.73. The fourth-order valence-electron chi connectivity index (χ4n) is 2.87. The molecule has 2 aromatic carbocycles. The van der Waals surface area contributed by atoms with Gasteiger partial charge in [0.05, 0.1) is 5.92 Å². The number of anilines is 2. The normalized spacial score (nSPS) is 11.8. The van der Waals surface area contributed by atoms with Gasteiger partial charge in [-0.05, 0) is 66.9 Å². The van der Waals surface area contributed by atoms with Crippen molar-refractivity contribution >= 4 is 40.5 Å². The van der Waals surface area contributed by atoms with Gasteiger partial charge in [-0.15, -0.1) is 0 Å². The number of hydrogen-bond acceptors (Lipinski definition) is 3. The van der Waals surface area contributed by atoms with E-state index in [1.54, 1.807) is 24.3 Å². The molecule has 1 atom stereocenters. The molecule has 0 aromatic heterocycles. The van der Waals surface area contributed by atoms with E-state index in [0.29, 0.717) is 11.6 Å². The highest BCUT2D eigenvalue weighted by atomic mass is 32.1. The van der Waals surface area contributed by atoms with Crippen molar-refractivity contribution < 1.29 is 9.59 Å². The van der Waals surface area contributed by atoms with E-state index < -0.39 is 0 Å². The number of hydrogen-bond donors (Lipinski definition) is 3. The van der Waals surface area contributed by atoms with Crippen molar-refractivity contribution in [2.75, 3.05) is 10.6 Å². The van der Waals surface area contributed by atoms with Gasteiger partial charge in [0.15, 0.2) is 5.11 Å². The highest BCUT2D eigenvalue weighted by molar-refractivity contribution is 7.80. The first-order valence-electron chi connectivity index (χ1n) is 10.3. The van der Waals surface area contributed by atoms with Crippen LogP contribution in [-0.2, 0) is 16.0 Å². The fraction of sp³-hybridized carbons (Fsp3) is 0.375. The standard InChI is InChI=1S/C24H31N3O2S/c1-15(2)14-18-6-8-19(9-7-18)17(5)23(29)27-24(30)26-21-12-10-20(11-13-21)25-22(28)16(3)4/h6-13,15-17H,14H2,1-5H3,(H,25,28)(H2,26,27,29,30). The van der Waals surface area contributed by atoms with E-state index in [2.05, 4.69) is 41.9 Å². The molecule has 5 nitrogen and oxygen atoms in total. The van der Waals surface area contributed by atoms with Crippen LogP contribution in [0, 0.1) is 11.8 Å². The first kappa shape index (κ1) is 23.5. The zero-order valence-corrected chi connectivity index (χ0v) is 19.1. The second kappa shape index (κ2) is 10.9. The molecule has 0 radical (unpaired) electrons. The van der Waals surface area contributed by atoms with Crippen molar-refractivity contribution in [3.05, 3.63) is 59.7 Å². The van der Waals surface area contributed by atoms with Gasteiger partial charge < -0.3 is 16.0 Å². The molecule has 0 aliphatic heterocycles. The summed E-state index contributed by atoms with van der Waals surface area (Å²) in [6.07, 6.45) is 1.02. The topological polar surface area (TPSA) is 70.2 Å². The molecule has 1 unspecified atom stereocenters. The number of thiocarbonyl (C=S) groups is 1. The van der Waals surface area contributed by atoms with Gasteiger partial charge in [-0.25, -0.2) is 0 Å². The Morgan fingerprint density at radius 3 is 1.83 bits per heavy atom. The quantitative estimate of drug-likeness (QED) is 0.540. The van der Waals surface area contributed by atoms with Crippen LogP contribution in [0.25, 0.3) is 0 Å². The largest absolute Gasteiger partial charge is 0.332 e. The predicted octanol–water partition coefficient (Wildman–Crippen LogP) is 5.10. The minimum absolute atomic E-state index is 0.0373. The van der Waals surface area contributed by atoms with Crippen LogP contribution in [0.5, 0.6) is 0 Å². The van der Waals surface area contributed by atoms with Crippen LogP contribution in [0.1, 0.15) is 51.7 Å². The number of nitrogens with one attached hydrogen (secondary N) is 3. The van der Waals surface area contributed by atoms with Crippen LogP contribution < -0.4 is 16.0 Å². The van der Waals surface area contributed by atoms with Gasteiger partial charge in [0, 0.05) is 17.3 Å². The van der Waals surface area contributed by atoms with Crippen molar-refractivity contribution in [3.8, 4) is 0 Å². The van der Waals surface area contributed by atoms with Crippen LogP contribution >= 0.6 is 12.2 Å². The Labute approximate surface area is 184 Å². The van der Waals surface area contributed by atoms with Crippen molar-refractivity contribution in [1.82, 2.24) is 5.32 Å². The molecule has 0 saturated carbocycles. The second-order valence-electron chi connectivity index (χ2n) is 8.23. The molecule has 0 saturated heterocycles. The van der Waals surface area contributed by atoms with Crippen molar-refractivity contribution in [2.24, 2.45) is 11.8 Å². The maximum atomic E-state index is 12.6. The molecule has 2 rings (SSSR count). The first-order chi connectivity index (χ1) is 14.2. The van der Waals surface area contributed by atoms with Gasteiger partial charge in [0.2, 0.25) is 11.8 Å². The van der Waals surface area contributed by atoms with E-state index in [-0.39, 0.29) is 28.8 Å². The monoisotopic (exact) mass is 425 g/mol. The third-order valence-electron chi connectivity index (χ3n) is 4.69. The van der Waals surface area contributed by atoms with Gasteiger partial charge in [-0.2, -0.15) is 0 Å². The molecule has 2 aromatic rings. The van der Waals surface area contributed by atoms with E-state index in [1.807, 2.05) is 32.9 Å². The molecule has 0 fully saturated rings. The summed E-state index contributed by atoms with van der Waals surface area (Å²) in [6.45, 7) is 9.92. The summed E-state index contributed by atoms with van der Waals surface area (Å²) in [5, 5.41) is 8.82. The average Bonchev–Trinajstić information content (AvgIpc) is 2.68. The predicted molar refractivity (Wildman–Crippen MR) is 128 cm³/mol. The fourth-order valence-corrected chi connectivity index (χ4v) is 3.09. The van der Waals surface area contributed by atoms with Crippen LogP contribution in [0.15, 0.2) is 48.5 Å². The van der Waals surface area contributed by atoms with Crippen LogP contribution in [0.4, 0.5) is 11.4 Å². The van der Waals surface area contributed by atoms with Crippen LogP contribution in [0.3, 0.4) is 0 Å². The lowest BCUT2D eigenvalue weighted by Gasteiger charge is -2.15. The van der Waals surface area contributed by atoms with Gasteiger partial charge in [0.25, 0.3) is 0 Å². The average molecular weight is 426 g/mol. The molecule has 2 amide bonds. The molecule has 3 N–H and O–H groups in total. The third-order valence-corrected chi connectivity index (χ3v) is 4.89. The molecule has 0 aliphatic rings. The highest BCUT2D eigenvalue weighted by Crippen LogP contribution is 2.18. The summed E-state index contributed by atoms with van der Waals surface area (Å²) in [5.41, 5.74) is 3.66. The molecule has 160 valence electrons. The van der Waals surface area contributed by atoms with Gasteiger partial charge >= 0.3 is 0 Å². The molecule has 6 heteroatoms. The van der Waals surface area contributed by atoms with E-state index in [4.69, 9.17) is 12.2 Å². The Morgan fingerprint density at radius 1 is 0.800 bits per heavy atom. The summed E-state index contributed by atoms with van der Waals surface area (Å²) >= 11 is 5.27. The molecule has 0 heterocycles. The number of carbonyl (C=O) groups is 2. The lowest BCUT2D eigenvalue weighted by atomic mass is 9.96. The maximum Gasteiger partial charge on any atom is 0.233 e. The molecule has 0 bridgehead atoms. The SMILES string of the molecule is CC(C)Cc1ccc(C(C)C(=O)NC(=S)Nc2ccc(NC(=O)C(C)C)cc2)cc1. The molecular weight excluding hydrogens is 394 g/mol. The zero-order valence-electron chi connectivity index (χ0n) is 18.3. The molecule has 30 heavy (non-hydrogen) atoms. The van der Waals surface area contributed by atoms with Crippen molar-refractivity contribution in [2.45, 2.75) is 47.0 Å². The number of amides is 2. The Morgan fingerprint density at radius 2 is 1.33 bits per heavy atom. The van der Waals surface area contributed by atoms with E-state index in [9.17, 15) is 9.59 Å². The van der Waals surface area contributed by atoms with E-state index >= 15 is 0 Å². The molecule has 0 spiro atoms. The Bertz CT molecular complexity index is 874. The molecular formula is C24H31N3O2S. The summed E-state index contributed by atoms with van der Waals surface area (Å²) in [5.74, 6) is 0.000620. The Kier molecular flexibility index (Phi) is 8.54. The lowest BCUT2D eigenvalue weighted by molar-refractivity contribution is -0.121. The van der Waals surface area contributed by atoms with Crippen LogP contribution in [-0.4, -0.2) is 16.9 Å². The smallest absolute Gasteiger partial charge is 0.233 e. The molecule has 0 aliphatic carbocycles. The van der Waals surface area contributed by atoms with Gasteiger partial charge in [-0.3, -0.25) is 9.59 Å². The first-order valence-corrected chi connectivity index (χ1v) is 10.7. The summed E-state index contributed by atoms with van der Waals surface area (Å²) < 4.78 is 0. The summed E-state index contributed by atoms with van der Waals surface area (Å²) in [6, 6.07) is 15.3.